The molecule has 6 heteroatoms. The van der Waals surface area contributed by atoms with Gasteiger partial charge in [0.25, 0.3) is 0 Å². The minimum absolute atomic E-state index is 0.151. The van der Waals surface area contributed by atoms with Crippen LogP contribution in [0.15, 0.2) is 46.8 Å². The first-order valence-corrected chi connectivity index (χ1v) is 15.1. The van der Waals surface area contributed by atoms with Gasteiger partial charge in [0.2, 0.25) is 0 Å². The molecule has 3 rings (SSSR count). The maximum atomic E-state index is 15.3. The molecule has 2 aliphatic carbocycles. The van der Waals surface area contributed by atoms with Gasteiger partial charge >= 0.3 is 0 Å². The molecule has 2 bridgehead atoms. The molecular weight excluding hydrogens is 516 g/mol. The van der Waals surface area contributed by atoms with Crippen LogP contribution in [0.2, 0.25) is 0 Å². The van der Waals surface area contributed by atoms with Crippen molar-refractivity contribution in [3.05, 3.63) is 46.8 Å². The van der Waals surface area contributed by atoms with Gasteiger partial charge in [0.05, 0.1) is 17.1 Å². The normalized spacial score (nSPS) is 31.9. The Bertz CT molecular complexity index is 1200. The standard InChI is InChI=1S/C35H52O6/c1-20(2)12-13-24-19-34(17-14-21(3)4)29(38)25-18-27(32(9,10)40)41-30(25)35(31(34)39,28(37)23(7)8)33(24,11)16-15-26(36)22(5)6/h12,14,23-24,26-27,36,40H,5,13,15-19H2,1-4,6-11H3/t24-,26+,27-,33+,34+,35-/m0/s1. The molecule has 0 saturated heterocycles. The van der Waals surface area contributed by atoms with E-state index < -0.39 is 40.0 Å². The molecule has 0 spiro atoms. The summed E-state index contributed by atoms with van der Waals surface area (Å²) < 4.78 is 6.48. The second-order valence-corrected chi connectivity index (χ2v) is 14.5. The number of fused-ring (bicyclic) bond motifs is 3. The van der Waals surface area contributed by atoms with Crippen molar-refractivity contribution in [1.29, 1.82) is 0 Å². The van der Waals surface area contributed by atoms with Crippen LogP contribution in [0.1, 0.15) is 108 Å². The Morgan fingerprint density at radius 3 is 2.20 bits per heavy atom. The summed E-state index contributed by atoms with van der Waals surface area (Å²) in [7, 11) is 0. The van der Waals surface area contributed by atoms with Crippen molar-refractivity contribution >= 4 is 17.3 Å². The smallest absolute Gasteiger partial charge is 0.176 e. The van der Waals surface area contributed by atoms with Gasteiger partial charge in [-0.05, 0) is 91.9 Å². The number of ketones is 3. The molecule has 6 nitrogen and oxygen atoms in total. The molecule has 228 valence electrons. The van der Waals surface area contributed by atoms with E-state index in [1.165, 1.54) is 0 Å². The van der Waals surface area contributed by atoms with E-state index in [0.717, 1.165) is 11.1 Å². The highest BCUT2D eigenvalue weighted by Crippen LogP contribution is 2.70. The van der Waals surface area contributed by atoms with Crippen molar-refractivity contribution in [1.82, 2.24) is 0 Å². The van der Waals surface area contributed by atoms with Crippen molar-refractivity contribution < 1.29 is 29.3 Å². The Labute approximate surface area is 247 Å². The lowest BCUT2D eigenvalue weighted by atomic mass is 9.38. The van der Waals surface area contributed by atoms with Crippen molar-refractivity contribution in [2.24, 2.45) is 28.1 Å². The lowest BCUT2D eigenvalue weighted by Gasteiger charge is -2.61. The Kier molecular flexibility index (Phi) is 9.24. The molecule has 1 heterocycles. The van der Waals surface area contributed by atoms with E-state index in [1.54, 1.807) is 34.6 Å². The van der Waals surface area contributed by atoms with Gasteiger partial charge in [-0.2, -0.15) is 0 Å². The van der Waals surface area contributed by atoms with E-state index >= 15 is 4.79 Å². The molecule has 0 amide bonds. The van der Waals surface area contributed by atoms with E-state index in [1.807, 2.05) is 40.7 Å². The molecule has 0 aromatic carbocycles. The zero-order valence-electron chi connectivity index (χ0n) is 26.9. The van der Waals surface area contributed by atoms with Gasteiger partial charge in [-0.15, -0.1) is 0 Å². The lowest BCUT2D eigenvalue weighted by molar-refractivity contribution is -0.181. The largest absolute Gasteiger partial charge is 0.489 e. The summed E-state index contributed by atoms with van der Waals surface area (Å²) in [6, 6.07) is 0. The lowest BCUT2D eigenvalue weighted by Crippen LogP contribution is -2.69. The third-order valence-corrected chi connectivity index (χ3v) is 9.96. The molecule has 1 saturated carbocycles. The minimum atomic E-state index is -1.72. The molecule has 1 fully saturated rings. The molecule has 3 aliphatic rings. The summed E-state index contributed by atoms with van der Waals surface area (Å²) in [6.07, 6.45) is 4.48. The van der Waals surface area contributed by atoms with Crippen LogP contribution in [0.5, 0.6) is 0 Å². The van der Waals surface area contributed by atoms with Gasteiger partial charge in [0.15, 0.2) is 22.8 Å². The molecule has 0 aromatic rings. The van der Waals surface area contributed by atoms with Crippen LogP contribution in [0.3, 0.4) is 0 Å². The Balaban J connectivity index is 2.46. The van der Waals surface area contributed by atoms with Gasteiger partial charge < -0.3 is 14.9 Å². The number of hydrogen-bond donors (Lipinski definition) is 2. The average Bonchev–Trinajstić information content (AvgIpc) is 3.32. The van der Waals surface area contributed by atoms with Crippen LogP contribution in [0.4, 0.5) is 0 Å². The molecule has 2 N–H and O–H groups in total. The van der Waals surface area contributed by atoms with Crippen molar-refractivity contribution in [3.63, 3.8) is 0 Å². The van der Waals surface area contributed by atoms with Crippen molar-refractivity contribution in [2.45, 2.75) is 126 Å². The number of allylic oxidation sites excluding steroid dienone is 5. The zero-order chi connectivity index (χ0) is 31.3. The van der Waals surface area contributed by atoms with E-state index in [4.69, 9.17) is 4.74 Å². The zero-order valence-corrected chi connectivity index (χ0v) is 26.9. The third kappa shape index (κ3) is 5.35. The van der Waals surface area contributed by atoms with Crippen LogP contribution in [-0.2, 0) is 19.1 Å². The topological polar surface area (TPSA) is 101 Å². The number of ether oxygens (including phenoxy) is 1. The number of Topliss-reactive ketones (excluding diaryl/α,β-unsaturated/α-hetero) is 3. The summed E-state index contributed by atoms with van der Waals surface area (Å²) in [5, 5.41) is 21.9. The third-order valence-electron chi connectivity index (χ3n) is 9.96. The summed E-state index contributed by atoms with van der Waals surface area (Å²) >= 11 is 0. The first-order chi connectivity index (χ1) is 18.8. The second kappa shape index (κ2) is 11.4. The number of carbonyl (C=O) groups is 3. The number of aliphatic hydroxyl groups excluding tert-OH is 1. The molecule has 0 radical (unpaired) electrons. The SMILES string of the molecule is C=C(C)[C@H](O)CC[C@]1(C)[C@@H](CC=C(C)C)C[C@]2(CC=C(C)C)C(=O)C3=C(O[C@H](C(C)(C)O)C3)[C@@]1(C(=O)C(C)C)C2=O. The van der Waals surface area contributed by atoms with Crippen LogP contribution >= 0.6 is 0 Å². The number of aliphatic hydroxyl groups is 2. The average molecular weight is 569 g/mol. The highest BCUT2D eigenvalue weighted by Gasteiger charge is 2.77. The first kappa shape index (κ1) is 33.2. The molecule has 0 aromatic heterocycles. The molecular formula is C35H52O6. The maximum absolute atomic E-state index is 15.3. The number of hydrogen-bond acceptors (Lipinski definition) is 6. The number of carbonyl (C=O) groups excluding carboxylic acids is 3. The molecule has 1 aliphatic heterocycles. The van der Waals surface area contributed by atoms with Gasteiger partial charge in [-0.25, -0.2) is 0 Å². The predicted molar refractivity (Wildman–Crippen MR) is 162 cm³/mol. The Morgan fingerprint density at radius 1 is 1.12 bits per heavy atom. The maximum Gasteiger partial charge on any atom is 0.176 e. The van der Waals surface area contributed by atoms with E-state index in [-0.39, 0.29) is 41.9 Å². The highest BCUT2D eigenvalue weighted by atomic mass is 16.5. The molecule has 6 atom stereocenters. The van der Waals surface area contributed by atoms with Crippen molar-refractivity contribution in [3.8, 4) is 0 Å². The van der Waals surface area contributed by atoms with Gasteiger partial charge in [0, 0.05) is 17.9 Å². The number of rotatable bonds is 11. The van der Waals surface area contributed by atoms with Crippen LogP contribution in [-0.4, -0.2) is 45.4 Å². The van der Waals surface area contributed by atoms with E-state index in [2.05, 4.69) is 12.7 Å². The van der Waals surface area contributed by atoms with Crippen LogP contribution in [0, 0.1) is 28.1 Å². The monoisotopic (exact) mass is 568 g/mol. The van der Waals surface area contributed by atoms with Gasteiger partial charge in [0.1, 0.15) is 11.9 Å². The molecule has 0 unspecified atom stereocenters. The molecule has 41 heavy (non-hydrogen) atoms. The van der Waals surface area contributed by atoms with Crippen LogP contribution < -0.4 is 0 Å². The fourth-order valence-corrected chi connectivity index (χ4v) is 7.33. The first-order valence-electron chi connectivity index (χ1n) is 15.1. The highest BCUT2D eigenvalue weighted by molar-refractivity contribution is 6.27. The van der Waals surface area contributed by atoms with E-state index in [9.17, 15) is 19.8 Å². The van der Waals surface area contributed by atoms with Crippen LogP contribution in [0.25, 0.3) is 0 Å². The summed E-state index contributed by atoms with van der Waals surface area (Å²) in [5.41, 5.74) is -2.26. The summed E-state index contributed by atoms with van der Waals surface area (Å²) in [4.78, 5) is 44.6. The van der Waals surface area contributed by atoms with Crippen molar-refractivity contribution in [2.75, 3.05) is 0 Å². The Hall–Kier alpha value is -2.31. The Morgan fingerprint density at radius 2 is 1.71 bits per heavy atom. The van der Waals surface area contributed by atoms with Gasteiger partial charge in [-0.1, -0.05) is 56.2 Å². The predicted octanol–water partition coefficient (Wildman–Crippen LogP) is 6.61. The van der Waals surface area contributed by atoms with E-state index in [0.29, 0.717) is 36.8 Å². The minimum Gasteiger partial charge on any atom is -0.489 e. The summed E-state index contributed by atoms with van der Waals surface area (Å²) in [6.45, 7) is 22.5. The quantitative estimate of drug-likeness (QED) is 0.215. The fraction of sp³-hybridized carbons (Fsp3) is 0.686. The second-order valence-electron chi connectivity index (χ2n) is 14.5. The fourth-order valence-electron chi connectivity index (χ4n) is 7.33. The summed E-state index contributed by atoms with van der Waals surface area (Å²) in [5.74, 6) is -1.47. The van der Waals surface area contributed by atoms with Gasteiger partial charge in [-0.3, -0.25) is 14.4 Å².